The van der Waals surface area contributed by atoms with Crippen LogP contribution in [0.5, 0.6) is 0 Å². The molecule has 0 N–H and O–H groups in total. The van der Waals surface area contributed by atoms with Gasteiger partial charge in [-0.15, -0.1) is 0 Å². The lowest BCUT2D eigenvalue weighted by atomic mass is 10.00. The summed E-state index contributed by atoms with van der Waals surface area (Å²) in [4.78, 5) is 0. The van der Waals surface area contributed by atoms with Gasteiger partial charge in [0.05, 0.1) is 5.06 Å². The number of rotatable bonds is 5. The summed E-state index contributed by atoms with van der Waals surface area (Å²) in [6, 6.07) is 44.4. The largest absolute Gasteiger partial charge is 0.308 e. The highest BCUT2D eigenvalue weighted by molar-refractivity contribution is 9.10. The van der Waals surface area contributed by atoms with Crippen molar-refractivity contribution < 1.29 is 9.13 Å². The highest BCUT2D eigenvalue weighted by Crippen LogP contribution is 2.75. The first kappa shape index (κ1) is 24.1. The molecule has 6 rings (SSSR count). The minimum absolute atomic E-state index is 0.520. The molecule has 0 aromatic heterocycles. The quantitative estimate of drug-likeness (QED) is 0.202. The van der Waals surface area contributed by atoms with Crippen LogP contribution in [0.1, 0.15) is 11.1 Å². The molecule has 0 aliphatic carbocycles. The van der Waals surface area contributed by atoms with Gasteiger partial charge in [-0.3, -0.25) is 0 Å². The fourth-order valence-electron chi connectivity index (χ4n) is 5.18. The van der Waals surface area contributed by atoms with E-state index >= 15 is 9.13 Å². The summed E-state index contributed by atoms with van der Waals surface area (Å²) < 4.78 is 32.6. The van der Waals surface area contributed by atoms with Crippen LogP contribution in [0.3, 0.4) is 0 Å². The van der Waals surface area contributed by atoms with Gasteiger partial charge in [0.15, 0.2) is 14.3 Å². The minimum atomic E-state index is -3.57. The van der Waals surface area contributed by atoms with Gasteiger partial charge in [0, 0.05) is 31.3 Å². The number of hydrogen-bond donors (Lipinski definition) is 0. The SMILES string of the molecule is O=P(C1=C(c2ccc(Br)cc2)c2ccccc2P1(=O)c1ccccc1)(c1ccccc1)c1ccccc1. The lowest BCUT2D eigenvalue weighted by Gasteiger charge is -2.28. The molecule has 0 spiro atoms. The molecule has 5 aromatic rings. The van der Waals surface area contributed by atoms with Crippen LogP contribution in [0.4, 0.5) is 0 Å². The third-order valence-electron chi connectivity index (χ3n) is 6.83. The predicted molar refractivity (Wildman–Crippen MR) is 160 cm³/mol. The Hall–Kier alpha value is -3.22. The summed E-state index contributed by atoms with van der Waals surface area (Å²) in [5.41, 5.74) is 2.57. The van der Waals surface area contributed by atoms with Gasteiger partial charge >= 0.3 is 0 Å². The molecule has 1 heterocycles. The summed E-state index contributed by atoms with van der Waals surface area (Å²) in [6.45, 7) is 0. The first-order valence-corrected chi connectivity index (χ1v) is 16.2. The van der Waals surface area contributed by atoms with Gasteiger partial charge in [-0.25, -0.2) is 0 Å². The van der Waals surface area contributed by atoms with Gasteiger partial charge in [-0.2, -0.15) is 0 Å². The van der Waals surface area contributed by atoms with Crippen LogP contribution in [0.2, 0.25) is 0 Å². The van der Waals surface area contributed by atoms with E-state index in [0.717, 1.165) is 26.5 Å². The third kappa shape index (κ3) is 3.85. The number of fused-ring (bicyclic) bond motifs is 1. The molecule has 0 saturated carbocycles. The Morgan fingerprint density at radius 3 is 1.62 bits per heavy atom. The smallest absolute Gasteiger partial charge is 0.176 e. The highest BCUT2D eigenvalue weighted by Gasteiger charge is 2.51. The maximum Gasteiger partial charge on any atom is 0.176 e. The van der Waals surface area contributed by atoms with E-state index in [1.54, 1.807) is 0 Å². The average molecular weight is 581 g/mol. The zero-order valence-electron chi connectivity index (χ0n) is 19.9. The summed E-state index contributed by atoms with van der Waals surface area (Å²) in [6.07, 6.45) is 0. The van der Waals surface area contributed by atoms with E-state index in [1.165, 1.54) is 0 Å². The second-order valence-electron chi connectivity index (χ2n) is 8.95. The second kappa shape index (κ2) is 9.58. The Morgan fingerprint density at radius 2 is 1.05 bits per heavy atom. The fourth-order valence-corrected chi connectivity index (χ4v) is 13.7. The molecule has 37 heavy (non-hydrogen) atoms. The number of hydrogen-bond acceptors (Lipinski definition) is 2. The maximum atomic E-state index is 15.9. The molecular weight excluding hydrogens is 558 g/mol. The zero-order chi connectivity index (χ0) is 25.5. The van der Waals surface area contributed by atoms with Crippen molar-refractivity contribution in [3.8, 4) is 0 Å². The first-order valence-electron chi connectivity index (χ1n) is 12.0. The molecule has 5 aromatic carbocycles. The van der Waals surface area contributed by atoms with E-state index in [-0.39, 0.29) is 0 Å². The Labute approximate surface area is 225 Å². The van der Waals surface area contributed by atoms with Crippen LogP contribution in [0.25, 0.3) is 5.57 Å². The zero-order valence-corrected chi connectivity index (χ0v) is 23.2. The molecule has 1 aliphatic heterocycles. The van der Waals surface area contributed by atoms with E-state index in [4.69, 9.17) is 0 Å². The molecule has 0 bridgehead atoms. The van der Waals surface area contributed by atoms with E-state index in [1.807, 2.05) is 140 Å². The van der Waals surface area contributed by atoms with Crippen molar-refractivity contribution in [2.75, 3.05) is 0 Å². The van der Waals surface area contributed by atoms with Crippen molar-refractivity contribution in [2.24, 2.45) is 0 Å². The van der Waals surface area contributed by atoms with Gasteiger partial charge in [-0.05, 0) is 23.3 Å². The molecular formula is C32H23BrO2P2. The summed E-state index contributed by atoms with van der Waals surface area (Å²) in [5.74, 6) is 0. The summed E-state index contributed by atoms with van der Waals surface area (Å²) in [5, 5.41) is 3.30. The lowest BCUT2D eigenvalue weighted by Crippen LogP contribution is -2.22. The summed E-state index contributed by atoms with van der Waals surface area (Å²) >= 11 is 3.55. The molecule has 5 heteroatoms. The van der Waals surface area contributed by atoms with Crippen LogP contribution in [-0.4, -0.2) is 0 Å². The van der Waals surface area contributed by atoms with Crippen LogP contribution >= 0.6 is 30.2 Å². The monoisotopic (exact) mass is 580 g/mol. The molecule has 0 saturated heterocycles. The van der Waals surface area contributed by atoms with E-state index < -0.39 is 14.3 Å². The van der Waals surface area contributed by atoms with E-state index in [0.29, 0.717) is 21.0 Å². The molecule has 1 unspecified atom stereocenters. The molecule has 0 amide bonds. The fraction of sp³-hybridized carbons (Fsp3) is 0. The minimum Gasteiger partial charge on any atom is -0.308 e. The molecule has 0 radical (unpaired) electrons. The maximum absolute atomic E-state index is 15.9. The van der Waals surface area contributed by atoms with Gasteiger partial charge < -0.3 is 9.13 Å². The Kier molecular flexibility index (Phi) is 6.25. The Morgan fingerprint density at radius 1 is 0.568 bits per heavy atom. The Balaban J connectivity index is 1.83. The predicted octanol–water partition coefficient (Wildman–Crippen LogP) is 7.51. The van der Waals surface area contributed by atoms with Crippen molar-refractivity contribution >= 4 is 57.0 Å². The molecule has 1 atom stereocenters. The van der Waals surface area contributed by atoms with Crippen molar-refractivity contribution in [2.45, 2.75) is 0 Å². The van der Waals surface area contributed by atoms with Gasteiger partial charge in [0.2, 0.25) is 0 Å². The normalized spacial score (nSPS) is 17.0. The molecule has 2 nitrogen and oxygen atoms in total. The standard InChI is InChI=1S/C32H23BrO2P2/c33-25-22-20-24(21-23-25)31-29-18-10-11-19-30(29)37(35,28-16-8-3-9-17-28)32(31)36(34,26-12-4-1-5-13-26)27-14-6-2-7-15-27/h1-23H. The van der Waals surface area contributed by atoms with Crippen LogP contribution in [-0.2, 0) is 9.13 Å². The average Bonchev–Trinajstić information content (AvgIpc) is 3.24. The van der Waals surface area contributed by atoms with Crippen molar-refractivity contribution in [1.82, 2.24) is 0 Å². The van der Waals surface area contributed by atoms with Crippen LogP contribution in [0, 0.1) is 0 Å². The van der Waals surface area contributed by atoms with Crippen molar-refractivity contribution in [3.05, 3.63) is 160 Å². The van der Waals surface area contributed by atoms with Crippen molar-refractivity contribution in [1.29, 1.82) is 0 Å². The molecule has 0 fully saturated rings. The lowest BCUT2D eigenvalue weighted by molar-refractivity contribution is 0.586. The highest BCUT2D eigenvalue weighted by atomic mass is 79.9. The summed E-state index contributed by atoms with van der Waals surface area (Å²) in [7, 11) is -7.07. The first-order chi connectivity index (χ1) is 18.0. The van der Waals surface area contributed by atoms with E-state index in [9.17, 15) is 0 Å². The van der Waals surface area contributed by atoms with Gasteiger partial charge in [-0.1, -0.05) is 143 Å². The second-order valence-corrected chi connectivity index (χ2v) is 15.6. The molecule has 180 valence electrons. The Bertz CT molecular complexity index is 1670. The number of halogens is 1. The van der Waals surface area contributed by atoms with Gasteiger partial charge in [0.1, 0.15) is 0 Å². The molecule has 1 aliphatic rings. The third-order valence-corrected chi connectivity index (χ3v) is 14.8. The van der Waals surface area contributed by atoms with Gasteiger partial charge in [0.25, 0.3) is 0 Å². The topological polar surface area (TPSA) is 34.1 Å². The van der Waals surface area contributed by atoms with Crippen molar-refractivity contribution in [3.63, 3.8) is 0 Å². The van der Waals surface area contributed by atoms with Crippen LogP contribution < -0.4 is 21.2 Å². The van der Waals surface area contributed by atoms with Crippen LogP contribution in [0.15, 0.2) is 149 Å². The number of benzene rings is 5. The van der Waals surface area contributed by atoms with E-state index in [2.05, 4.69) is 15.9 Å².